The molecule has 90 valence electrons. The van der Waals surface area contributed by atoms with E-state index >= 15 is 0 Å². The normalized spacial score (nSPS) is 30.6. The van der Waals surface area contributed by atoms with Crippen LogP contribution >= 0.6 is 0 Å². The molecule has 0 unspecified atom stereocenters. The highest BCUT2D eigenvalue weighted by atomic mass is 16.5. The van der Waals surface area contributed by atoms with E-state index in [1.807, 2.05) is 18.7 Å². The SMILES string of the molecule is C[C@@H]1CN(C(=O)C2=COCCC2)C[C@H](C)O1. The summed E-state index contributed by atoms with van der Waals surface area (Å²) < 4.78 is 10.8. The van der Waals surface area contributed by atoms with Crippen LogP contribution in [-0.4, -0.2) is 42.7 Å². The number of amides is 1. The van der Waals surface area contributed by atoms with E-state index in [9.17, 15) is 4.79 Å². The van der Waals surface area contributed by atoms with Gasteiger partial charge in [-0.2, -0.15) is 0 Å². The second kappa shape index (κ2) is 4.87. The Hall–Kier alpha value is -1.03. The highest BCUT2D eigenvalue weighted by molar-refractivity contribution is 5.93. The molecule has 2 heterocycles. The van der Waals surface area contributed by atoms with Gasteiger partial charge in [-0.3, -0.25) is 4.79 Å². The third-order valence-corrected chi connectivity index (χ3v) is 2.92. The first-order chi connectivity index (χ1) is 7.66. The summed E-state index contributed by atoms with van der Waals surface area (Å²) in [6.07, 6.45) is 3.64. The number of morpholine rings is 1. The Kier molecular flexibility index (Phi) is 3.49. The second-order valence-electron chi connectivity index (χ2n) is 4.58. The topological polar surface area (TPSA) is 38.8 Å². The van der Waals surface area contributed by atoms with Gasteiger partial charge in [-0.05, 0) is 26.7 Å². The largest absolute Gasteiger partial charge is 0.501 e. The lowest BCUT2D eigenvalue weighted by atomic mass is 10.1. The van der Waals surface area contributed by atoms with Crippen molar-refractivity contribution in [2.75, 3.05) is 19.7 Å². The average Bonchev–Trinajstić information content (AvgIpc) is 2.28. The molecule has 0 radical (unpaired) electrons. The van der Waals surface area contributed by atoms with E-state index in [0.717, 1.165) is 25.0 Å². The van der Waals surface area contributed by atoms with Crippen molar-refractivity contribution in [3.63, 3.8) is 0 Å². The quantitative estimate of drug-likeness (QED) is 0.675. The van der Waals surface area contributed by atoms with E-state index in [1.54, 1.807) is 6.26 Å². The van der Waals surface area contributed by atoms with Gasteiger partial charge in [0.1, 0.15) is 0 Å². The first kappa shape index (κ1) is 11.5. The predicted octanol–water partition coefficient (Wildman–Crippen LogP) is 1.32. The monoisotopic (exact) mass is 225 g/mol. The Morgan fingerprint density at radius 2 is 2.06 bits per heavy atom. The van der Waals surface area contributed by atoms with Crippen LogP contribution in [0.2, 0.25) is 0 Å². The Morgan fingerprint density at radius 3 is 2.62 bits per heavy atom. The molecule has 2 atom stereocenters. The van der Waals surface area contributed by atoms with E-state index in [1.165, 1.54) is 0 Å². The summed E-state index contributed by atoms with van der Waals surface area (Å²) in [5.74, 6) is 0.113. The lowest BCUT2D eigenvalue weighted by molar-refractivity contribution is -0.139. The van der Waals surface area contributed by atoms with Crippen LogP contribution in [0, 0.1) is 0 Å². The van der Waals surface area contributed by atoms with Gasteiger partial charge >= 0.3 is 0 Å². The second-order valence-corrected chi connectivity index (χ2v) is 4.58. The van der Waals surface area contributed by atoms with E-state index < -0.39 is 0 Å². The van der Waals surface area contributed by atoms with Gasteiger partial charge in [0.15, 0.2) is 0 Å². The van der Waals surface area contributed by atoms with E-state index in [4.69, 9.17) is 9.47 Å². The van der Waals surface area contributed by atoms with Crippen LogP contribution in [0.5, 0.6) is 0 Å². The molecule has 4 heteroatoms. The van der Waals surface area contributed by atoms with Gasteiger partial charge in [-0.25, -0.2) is 0 Å². The van der Waals surface area contributed by atoms with Crippen molar-refractivity contribution >= 4 is 5.91 Å². The molecule has 0 aromatic heterocycles. The molecule has 2 aliphatic heterocycles. The molecule has 0 aliphatic carbocycles. The molecule has 4 nitrogen and oxygen atoms in total. The van der Waals surface area contributed by atoms with E-state index in [-0.39, 0.29) is 18.1 Å². The summed E-state index contributed by atoms with van der Waals surface area (Å²) in [7, 11) is 0. The summed E-state index contributed by atoms with van der Waals surface area (Å²) in [5, 5.41) is 0. The standard InChI is InChI=1S/C12H19NO3/c1-9-6-13(7-10(2)16-9)12(14)11-4-3-5-15-8-11/h8-10H,3-7H2,1-2H3/t9-,10+. The number of nitrogens with zero attached hydrogens (tertiary/aromatic N) is 1. The van der Waals surface area contributed by atoms with Crippen molar-refractivity contribution < 1.29 is 14.3 Å². The van der Waals surface area contributed by atoms with Crippen LogP contribution in [0.1, 0.15) is 26.7 Å². The van der Waals surface area contributed by atoms with Gasteiger partial charge in [0.25, 0.3) is 5.91 Å². The molecule has 0 aromatic carbocycles. The highest BCUT2D eigenvalue weighted by Crippen LogP contribution is 2.18. The molecule has 0 N–H and O–H groups in total. The maximum absolute atomic E-state index is 12.2. The molecule has 1 fully saturated rings. The van der Waals surface area contributed by atoms with Crippen molar-refractivity contribution in [1.82, 2.24) is 4.90 Å². The number of carbonyl (C=O) groups is 1. The minimum Gasteiger partial charge on any atom is -0.501 e. The van der Waals surface area contributed by atoms with Gasteiger partial charge < -0.3 is 14.4 Å². The summed E-state index contributed by atoms with van der Waals surface area (Å²) in [5.41, 5.74) is 0.799. The van der Waals surface area contributed by atoms with Gasteiger partial charge in [-0.1, -0.05) is 0 Å². The van der Waals surface area contributed by atoms with Crippen molar-refractivity contribution in [2.24, 2.45) is 0 Å². The zero-order valence-electron chi connectivity index (χ0n) is 9.94. The molecular formula is C12H19NO3. The summed E-state index contributed by atoms with van der Waals surface area (Å²) in [6.45, 7) is 6.09. The molecule has 0 bridgehead atoms. The third kappa shape index (κ3) is 2.55. The van der Waals surface area contributed by atoms with Crippen LogP contribution in [0.15, 0.2) is 11.8 Å². The Labute approximate surface area is 96.2 Å². The minimum atomic E-state index is 0.113. The summed E-state index contributed by atoms with van der Waals surface area (Å²) in [6, 6.07) is 0. The van der Waals surface area contributed by atoms with Gasteiger partial charge in [-0.15, -0.1) is 0 Å². The minimum absolute atomic E-state index is 0.113. The molecule has 16 heavy (non-hydrogen) atoms. The zero-order chi connectivity index (χ0) is 11.5. The fourth-order valence-electron chi connectivity index (χ4n) is 2.27. The van der Waals surface area contributed by atoms with Crippen molar-refractivity contribution in [1.29, 1.82) is 0 Å². The van der Waals surface area contributed by atoms with Crippen LogP contribution in [0.4, 0.5) is 0 Å². The highest BCUT2D eigenvalue weighted by Gasteiger charge is 2.28. The first-order valence-electron chi connectivity index (χ1n) is 5.92. The lowest BCUT2D eigenvalue weighted by Crippen LogP contribution is -2.48. The van der Waals surface area contributed by atoms with Crippen molar-refractivity contribution in [3.05, 3.63) is 11.8 Å². The van der Waals surface area contributed by atoms with Gasteiger partial charge in [0.05, 0.1) is 30.6 Å². The van der Waals surface area contributed by atoms with Gasteiger partial charge in [0.2, 0.25) is 0 Å². The fourth-order valence-corrected chi connectivity index (χ4v) is 2.27. The molecule has 2 aliphatic rings. The van der Waals surface area contributed by atoms with Crippen molar-refractivity contribution in [3.8, 4) is 0 Å². The fraction of sp³-hybridized carbons (Fsp3) is 0.750. The van der Waals surface area contributed by atoms with Crippen LogP contribution in [0.25, 0.3) is 0 Å². The number of rotatable bonds is 1. The maximum atomic E-state index is 12.2. The Balaban J connectivity index is 2.00. The Bertz CT molecular complexity index is 291. The number of hydrogen-bond donors (Lipinski definition) is 0. The molecular weight excluding hydrogens is 206 g/mol. The predicted molar refractivity (Wildman–Crippen MR) is 59.9 cm³/mol. The maximum Gasteiger partial charge on any atom is 0.253 e. The molecule has 1 saturated heterocycles. The smallest absolute Gasteiger partial charge is 0.253 e. The molecule has 1 amide bonds. The van der Waals surface area contributed by atoms with Gasteiger partial charge in [0, 0.05) is 13.1 Å². The zero-order valence-corrected chi connectivity index (χ0v) is 9.94. The first-order valence-corrected chi connectivity index (χ1v) is 5.92. The van der Waals surface area contributed by atoms with Crippen LogP contribution < -0.4 is 0 Å². The van der Waals surface area contributed by atoms with E-state index in [0.29, 0.717) is 13.1 Å². The molecule has 0 aromatic rings. The molecule has 0 spiro atoms. The summed E-state index contributed by atoms with van der Waals surface area (Å²) in [4.78, 5) is 14.0. The molecule has 0 saturated carbocycles. The number of carbonyl (C=O) groups excluding carboxylic acids is 1. The number of ether oxygens (including phenoxy) is 2. The number of hydrogen-bond acceptors (Lipinski definition) is 3. The third-order valence-electron chi connectivity index (χ3n) is 2.92. The molecule has 2 rings (SSSR count). The lowest BCUT2D eigenvalue weighted by Gasteiger charge is -2.36. The Morgan fingerprint density at radius 1 is 1.38 bits per heavy atom. The van der Waals surface area contributed by atoms with Crippen LogP contribution in [-0.2, 0) is 14.3 Å². The van der Waals surface area contributed by atoms with Crippen LogP contribution in [0.3, 0.4) is 0 Å². The van der Waals surface area contributed by atoms with Crippen molar-refractivity contribution in [2.45, 2.75) is 38.9 Å². The average molecular weight is 225 g/mol. The summed E-state index contributed by atoms with van der Waals surface area (Å²) >= 11 is 0. The van der Waals surface area contributed by atoms with E-state index in [2.05, 4.69) is 0 Å².